The predicted molar refractivity (Wildman–Crippen MR) is 90.5 cm³/mol. The van der Waals surface area contributed by atoms with Crippen molar-refractivity contribution in [1.29, 1.82) is 0 Å². The molecule has 0 aromatic heterocycles. The highest BCUT2D eigenvalue weighted by Crippen LogP contribution is 2.21. The van der Waals surface area contributed by atoms with Gasteiger partial charge in [-0.2, -0.15) is 5.10 Å². The number of nitrogens with zero attached hydrogens (tertiary/aromatic N) is 2. The molecule has 128 valence electrons. The summed E-state index contributed by atoms with van der Waals surface area (Å²) in [5.41, 5.74) is 1.86. The molecule has 2 heterocycles. The van der Waals surface area contributed by atoms with Crippen LogP contribution >= 0.6 is 0 Å². The van der Waals surface area contributed by atoms with Crippen molar-refractivity contribution < 1.29 is 18.0 Å². The Bertz CT molecular complexity index is 816. The number of rotatable bonds is 3. The van der Waals surface area contributed by atoms with Gasteiger partial charge in [-0.25, -0.2) is 13.4 Å². The zero-order valence-electron chi connectivity index (χ0n) is 13.4. The average molecular weight is 349 g/mol. The first kappa shape index (κ1) is 16.6. The topological polar surface area (TPSA) is 95.9 Å². The number of aryl methyl sites for hydroxylation is 1. The van der Waals surface area contributed by atoms with E-state index in [0.717, 1.165) is 5.56 Å². The van der Waals surface area contributed by atoms with Crippen molar-refractivity contribution in [2.24, 2.45) is 5.10 Å². The molecule has 24 heavy (non-hydrogen) atoms. The molecule has 2 aliphatic rings. The van der Waals surface area contributed by atoms with Gasteiger partial charge in [-0.15, -0.1) is 0 Å². The molecule has 2 amide bonds. The lowest BCUT2D eigenvalue weighted by Crippen LogP contribution is -2.43. The third-order valence-corrected chi connectivity index (χ3v) is 5.88. The minimum Gasteiger partial charge on any atom is -0.347 e. The summed E-state index contributed by atoms with van der Waals surface area (Å²) in [5, 5.41) is 8.15. The molecule has 0 radical (unpaired) electrons. The third kappa shape index (κ3) is 3.64. The Hall–Kier alpha value is -2.22. The number of sulfone groups is 1. The lowest BCUT2D eigenvalue weighted by atomic mass is 10.1. The number of hydrogen-bond acceptors (Lipinski definition) is 5. The van der Waals surface area contributed by atoms with Gasteiger partial charge in [-0.3, -0.25) is 9.59 Å². The van der Waals surface area contributed by atoms with Gasteiger partial charge < -0.3 is 5.32 Å². The molecule has 1 aromatic rings. The number of benzene rings is 1. The Kier molecular flexibility index (Phi) is 4.40. The van der Waals surface area contributed by atoms with Gasteiger partial charge in [0.2, 0.25) is 5.91 Å². The van der Waals surface area contributed by atoms with Crippen LogP contribution in [0.3, 0.4) is 0 Å². The molecule has 1 saturated heterocycles. The third-order valence-electron chi connectivity index (χ3n) is 4.11. The van der Waals surface area contributed by atoms with E-state index in [1.807, 2.05) is 25.1 Å². The molecule has 2 aliphatic heterocycles. The molecule has 8 heteroatoms. The SMILES string of the molecule is Cc1cccc(N2N=C(C(=O)NC3CCS(=O)(=O)C3)CCC2=O)c1. The maximum atomic E-state index is 12.3. The summed E-state index contributed by atoms with van der Waals surface area (Å²) in [6, 6.07) is 6.95. The second-order valence-electron chi connectivity index (χ2n) is 6.16. The van der Waals surface area contributed by atoms with Gasteiger partial charge in [-0.05, 0) is 31.0 Å². The first-order chi connectivity index (χ1) is 11.3. The van der Waals surface area contributed by atoms with Crippen LogP contribution in [0.15, 0.2) is 29.4 Å². The monoisotopic (exact) mass is 349 g/mol. The first-order valence-corrected chi connectivity index (χ1v) is 9.64. The van der Waals surface area contributed by atoms with Crippen molar-refractivity contribution >= 4 is 33.1 Å². The first-order valence-electron chi connectivity index (χ1n) is 7.82. The highest BCUT2D eigenvalue weighted by molar-refractivity contribution is 7.91. The largest absolute Gasteiger partial charge is 0.347 e. The second-order valence-corrected chi connectivity index (χ2v) is 8.39. The van der Waals surface area contributed by atoms with Crippen LogP contribution in [0.1, 0.15) is 24.8 Å². The molecule has 0 spiro atoms. The fourth-order valence-corrected chi connectivity index (χ4v) is 4.53. The minimum atomic E-state index is -3.06. The fraction of sp³-hybridized carbons (Fsp3) is 0.438. The lowest BCUT2D eigenvalue weighted by molar-refractivity contribution is -0.119. The zero-order chi connectivity index (χ0) is 17.3. The van der Waals surface area contributed by atoms with E-state index in [-0.39, 0.29) is 42.0 Å². The van der Waals surface area contributed by atoms with Crippen molar-refractivity contribution in [1.82, 2.24) is 5.32 Å². The molecule has 0 saturated carbocycles. The van der Waals surface area contributed by atoms with Crippen LogP contribution in [-0.4, -0.2) is 43.5 Å². The zero-order valence-corrected chi connectivity index (χ0v) is 14.2. The smallest absolute Gasteiger partial charge is 0.267 e. The van der Waals surface area contributed by atoms with Crippen LogP contribution in [0.4, 0.5) is 5.69 Å². The molecular weight excluding hydrogens is 330 g/mol. The summed E-state index contributed by atoms with van der Waals surface area (Å²) in [6.45, 7) is 1.91. The molecular formula is C16H19N3O4S. The quantitative estimate of drug-likeness (QED) is 0.872. The van der Waals surface area contributed by atoms with Gasteiger partial charge >= 0.3 is 0 Å². The Labute approximate surface area is 140 Å². The van der Waals surface area contributed by atoms with Gasteiger partial charge in [0.15, 0.2) is 9.84 Å². The van der Waals surface area contributed by atoms with Crippen molar-refractivity contribution in [3.8, 4) is 0 Å². The number of carbonyl (C=O) groups excluding carboxylic acids is 2. The number of hydrazone groups is 1. The Balaban J connectivity index is 1.76. The van der Waals surface area contributed by atoms with Crippen LogP contribution in [-0.2, 0) is 19.4 Å². The molecule has 0 aliphatic carbocycles. The van der Waals surface area contributed by atoms with Gasteiger partial charge in [0.25, 0.3) is 5.91 Å². The van der Waals surface area contributed by atoms with Crippen molar-refractivity contribution in [2.75, 3.05) is 16.5 Å². The number of hydrogen-bond donors (Lipinski definition) is 1. The summed E-state index contributed by atoms with van der Waals surface area (Å²) in [6.07, 6.45) is 0.873. The van der Waals surface area contributed by atoms with Crippen LogP contribution < -0.4 is 10.3 Å². The highest BCUT2D eigenvalue weighted by Gasteiger charge is 2.31. The maximum absolute atomic E-state index is 12.3. The molecule has 0 bridgehead atoms. The highest BCUT2D eigenvalue weighted by atomic mass is 32.2. The van der Waals surface area contributed by atoms with Crippen LogP contribution in [0.25, 0.3) is 0 Å². The Morgan fingerprint density at radius 3 is 2.79 bits per heavy atom. The number of anilines is 1. The van der Waals surface area contributed by atoms with Gasteiger partial charge in [0.05, 0.1) is 17.2 Å². The van der Waals surface area contributed by atoms with E-state index in [1.54, 1.807) is 6.07 Å². The van der Waals surface area contributed by atoms with Gasteiger partial charge in [0, 0.05) is 18.9 Å². The van der Waals surface area contributed by atoms with Crippen molar-refractivity contribution in [3.63, 3.8) is 0 Å². The van der Waals surface area contributed by atoms with Crippen LogP contribution in [0.2, 0.25) is 0 Å². The van der Waals surface area contributed by atoms with Crippen molar-refractivity contribution in [2.45, 2.75) is 32.2 Å². The summed E-state index contributed by atoms with van der Waals surface area (Å²) in [4.78, 5) is 24.5. The Morgan fingerprint density at radius 1 is 1.33 bits per heavy atom. The molecule has 1 atom stereocenters. The number of nitrogens with one attached hydrogen (secondary N) is 1. The average Bonchev–Trinajstić information content (AvgIpc) is 2.86. The van der Waals surface area contributed by atoms with Crippen LogP contribution in [0.5, 0.6) is 0 Å². The fourth-order valence-electron chi connectivity index (χ4n) is 2.86. The van der Waals surface area contributed by atoms with Crippen molar-refractivity contribution in [3.05, 3.63) is 29.8 Å². The van der Waals surface area contributed by atoms with E-state index in [0.29, 0.717) is 12.1 Å². The van der Waals surface area contributed by atoms with E-state index in [9.17, 15) is 18.0 Å². The molecule has 7 nitrogen and oxygen atoms in total. The van der Waals surface area contributed by atoms with Gasteiger partial charge in [-0.1, -0.05) is 12.1 Å². The Morgan fingerprint density at radius 2 is 2.12 bits per heavy atom. The summed E-state index contributed by atoms with van der Waals surface area (Å²) in [5.74, 6) is -0.506. The van der Waals surface area contributed by atoms with E-state index in [4.69, 9.17) is 0 Å². The standard InChI is InChI=1S/C16H19N3O4S/c1-11-3-2-4-13(9-11)19-15(20)6-5-14(18-19)16(21)17-12-7-8-24(22,23)10-12/h2-4,9,12H,5-8,10H2,1H3,(H,17,21). The molecule has 3 rings (SSSR count). The molecule has 1 aromatic carbocycles. The normalized spacial score (nSPS) is 23.0. The predicted octanol–water partition coefficient (Wildman–Crippen LogP) is 0.781. The number of carbonyl (C=O) groups is 2. The summed E-state index contributed by atoms with van der Waals surface area (Å²) < 4.78 is 23.0. The van der Waals surface area contributed by atoms with Gasteiger partial charge in [0.1, 0.15) is 5.71 Å². The minimum absolute atomic E-state index is 0.0352. The van der Waals surface area contributed by atoms with E-state index in [1.165, 1.54) is 5.01 Å². The lowest BCUT2D eigenvalue weighted by Gasteiger charge is -2.24. The maximum Gasteiger partial charge on any atom is 0.267 e. The number of amides is 2. The van der Waals surface area contributed by atoms with Crippen LogP contribution in [0, 0.1) is 6.92 Å². The molecule has 1 N–H and O–H groups in total. The summed E-state index contributed by atoms with van der Waals surface area (Å²) >= 11 is 0. The molecule has 1 unspecified atom stereocenters. The molecule has 1 fully saturated rings. The van der Waals surface area contributed by atoms with E-state index in [2.05, 4.69) is 10.4 Å². The van der Waals surface area contributed by atoms with E-state index >= 15 is 0 Å². The van der Waals surface area contributed by atoms with E-state index < -0.39 is 15.7 Å². The second kappa shape index (κ2) is 6.35. The summed E-state index contributed by atoms with van der Waals surface area (Å²) in [7, 11) is -3.06.